The van der Waals surface area contributed by atoms with Crippen LogP contribution in [0.25, 0.3) is 21.9 Å². The summed E-state index contributed by atoms with van der Waals surface area (Å²) in [5.41, 5.74) is 2.79. The lowest BCUT2D eigenvalue weighted by molar-refractivity contribution is -0.118. The minimum atomic E-state index is 0. The van der Waals surface area contributed by atoms with Crippen molar-refractivity contribution in [1.82, 2.24) is 5.32 Å². The third kappa shape index (κ3) is 2.70. The molecule has 1 aliphatic heterocycles. The van der Waals surface area contributed by atoms with Gasteiger partial charge in [-0.05, 0) is 56.0 Å². The first-order valence-corrected chi connectivity index (χ1v) is 8.68. The van der Waals surface area contributed by atoms with Crippen molar-refractivity contribution in [3.63, 3.8) is 0 Å². The lowest BCUT2D eigenvalue weighted by atomic mass is 9.92. The molecule has 2 aliphatic rings. The minimum absolute atomic E-state index is 0. The van der Waals surface area contributed by atoms with Crippen LogP contribution in [0.2, 0.25) is 0 Å². The molecule has 3 aromatic rings. The number of amides is 1. The molecule has 2 fully saturated rings. The predicted octanol–water partition coefficient (Wildman–Crippen LogP) is 4.34. The molecule has 1 atom stereocenters. The van der Waals surface area contributed by atoms with E-state index in [1.165, 1.54) is 0 Å². The van der Waals surface area contributed by atoms with Crippen LogP contribution in [0.3, 0.4) is 0 Å². The highest BCUT2D eigenvalue weighted by Gasteiger charge is 2.57. The number of halogens is 1. The summed E-state index contributed by atoms with van der Waals surface area (Å²) in [4.78, 5) is 12.6. The summed E-state index contributed by atoms with van der Waals surface area (Å²) in [5, 5.41) is 8.67. The van der Waals surface area contributed by atoms with E-state index in [-0.39, 0.29) is 29.6 Å². The fourth-order valence-corrected chi connectivity index (χ4v) is 4.23. The number of para-hydroxylation sites is 1. The summed E-state index contributed by atoms with van der Waals surface area (Å²) >= 11 is 0. The van der Waals surface area contributed by atoms with E-state index in [9.17, 15) is 4.79 Å². The van der Waals surface area contributed by atoms with E-state index in [2.05, 4.69) is 16.7 Å². The zero-order valence-electron chi connectivity index (χ0n) is 13.9. The molecule has 1 aromatic heterocycles. The van der Waals surface area contributed by atoms with Crippen LogP contribution in [-0.2, 0) is 4.79 Å². The topological polar surface area (TPSA) is 54.3 Å². The number of nitrogens with one attached hydrogen (secondary N) is 2. The maximum atomic E-state index is 12.6. The summed E-state index contributed by atoms with van der Waals surface area (Å²) in [6, 6.07) is 14.0. The fourth-order valence-electron chi connectivity index (χ4n) is 4.23. The molecule has 2 aromatic carbocycles. The number of rotatable bonds is 2. The Morgan fingerprint density at radius 3 is 2.68 bits per heavy atom. The van der Waals surface area contributed by atoms with Gasteiger partial charge in [-0.15, -0.1) is 12.4 Å². The molecule has 130 valence electrons. The average molecular weight is 357 g/mol. The Labute approximate surface area is 152 Å². The van der Waals surface area contributed by atoms with Crippen LogP contribution in [0.1, 0.15) is 19.3 Å². The molecule has 1 amide bonds. The van der Waals surface area contributed by atoms with Crippen molar-refractivity contribution in [2.24, 2.45) is 11.3 Å². The molecule has 1 saturated carbocycles. The van der Waals surface area contributed by atoms with E-state index in [1.54, 1.807) is 0 Å². The standard InChI is InChI=1S/C20H20N2O2.ClH/c23-19(16-12-20(16)7-9-21-10-8-20)22-13-5-6-15-14-3-1-2-4-17(14)24-18(15)11-13;/h1-6,11,16,21H,7-10,12H2,(H,22,23);1H. The van der Waals surface area contributed by atoms with Crippen LogP contribution < -0.4 is 10.6 Å². The van der Waals surface area contributed by atoms with Crippen molar-refractivity contribution < 1.29 is 9.21 Å². The van der Waals surface area contributed by atoms with Crippen LogP contribution in [0.4, 0.5) is 5.69 Å². The van der Waals surface area contributed by atoms with E-state index in [0.29, 0.717) is 0 Å². The summed E-state index contributed by atoms with van der Waals surface area (Å²) in [5.74, 6) is 0.332. The first-order chi connectivity index (χ1) is 11.8. The van der Waals surface area contributed by atoms with Crippen molar-refractivity contribution in [3.05, 3.63) is 42.5 Å². The molecule has 0 bridgehead atoms. The summed E-state index contributed by atoms with van der Waals surface area (Å²) in [7, 11) is 0. The van der Waals surface area contributed by atoms with Crippen LogP contribution in [-0.4, -0.2) is 19.0 Å². The first-order valence-electron chi connectivity index (χ1n) is 8.68. The Morgan fingerprint density at radius 2 is 1.84 bits per heavy atom. The Hall–Kier alpha value is -2.04. The van der Waals surface area contributed by atoms with Gasteiger partial charge in [0.1, 0.15) is 11.2 Å². The van der Waals surface area contributed by atoms with E-state index in [4.69, 9.17) is 4.42 Å². The highest BCUT2D eigenvalue weighted by molar-refractivity contribution is 6.06. The summed E-state index contributed by atoms with van der Waals surface area (Å²) in [6.45, 7) is 2.07. The highest BCUT2D eigenvalue weighted by Crippen LogP contribution is 2.58. The molecule has 2 N–H and O–H groups in total. The highest BCUT2D eigenvalue weighted by atomic mass is 35.5. The van der Waals surface area contributed by atoms with Crippen molar-refractivity contribution in [3.8, 4) is 0 Å². The maximum absolute atomic E-state index is 12.6. The summed E-state index contributed by atoms with van der Waals surface area (Å²) < 4.78 is 5.90. The van der Waals surface area contributed by atoms with Crippen LogP contribution in [0.5, 0.6) is 0 Å². The Morgan fingerprint density at radius 1 is 1.08 bits per heavy atom. The van der Waals surface area contributed by atoms with Gasteiger partial charge in [-0.1, -0.05) is 18.2 Å². The zero-order chi connectivity index (χ0) is 16.1. The van der Waals surface area contributed by atoms with Gasteiger partial charge in [0.05, 0.1) is 0 Å². The number of hydrogen-bond donors (Lipinski definition) is 2. The molecule has 5 rings (SSSR count). The minimum Gasteiger partial charge on any atom is -0.456 e. The molecule has 0 radical (unpaired) electrons. The zero-order valence-corrected chi connectivity index (χ0v) is 14.7. The first kappa shape index (κ1) is 16.4. The van der Waals surface area contributed by atoms with Gasteiger partial charge in [0.25, 0.3) is 0 Å². The lowest BCUT2D eigenvalue weighted by Crippen LogP contribution is -2.31. The monoisotopic (exact) mass is 356 g/mol. The molecular weight excluding hydrogens is 336 g/mol. The molecule has 5 heteroatoms. The van der Waals surface area contributed by atoms with Crippen molar-refractivity contribution in [1.29, 1.82) is 0 Å². The second kappa shape index (κ2) is 6.04. The Bertz CT molecular complexity index is 943. The number of fused-ring (bicyclic) bond motifs is 3. The third-order valence-electron chi connectivity index (χ3n) is 5.75. The quantitative estimate of drug-likeness (QED) is 0.718. The molecule has 1 aliphatic carbocycles. The van der Waals surface area contributed by atoms with Gasteiger partial charge in [0, 0.05) is 28.4 Å². The van der Waals surface area contributed by atoms with E-state index < -0.39 is 0 Å². The normalized spacial score (nSPS) is 21.2. The SMILES string of the molecule is Cl.O=C(Nc1ccc2c(c1)oc1ccccc12)C1CC12CCNCC2. The van der Waals surface area contributed by atoms with Crippen LogP contribution in [0, 0.1) is 11.3 Å². The smallest absolute Gasteiger partial charge is 0.228 e. The number of carbonyl (C=O) groups excluding carboxylic acids is 1. The van der Waals surface area contributed by atoms with Crippen molar-refractivity contribution in [2.45, 2.75) is 19.3 Å². The van der Waals surface area contributed by atoms with Gasteiger partial charge in [0.2, 0.25) is 5.91 Å². The molecule has 4 nitrogen and oxygen atoms in total. The lowest BCUT2D eigenvalue weighted by Gasteiger charge is -2.23. The third-order valence-corrected chi connectivity index (χ3v) is 5.75. The fraction of sp³-hybridized carbons (Fsp3) is 0.350. The maximum Gasteiger partial charge on any atom is 0.228 e. The number of piperidine rings is 1. The van der Waals surface area contributed by atoms with Crippen molar-refractivity contribution >= 4 is 45.9 Å². The van der Waals surface area contributed by atoms with Gasteiger partial charge >= 0.3 is 0 Å². The second-order valence-corrected chi connectivity index (χ2v) is 7.17. The van der Waals surface area contributed by atoms with Gasteiger partial charge < -0.3 is 15.1 Å². The number of benzene rings is 2. The molecule has 25 heavy (non-hydrogen) atoms. The number of furan rings is 1. The number of hydrogen-bond acceptors (Lipinski definition) is 3. The van der Waals surface area contributed by atoms with E-state index >= 15 is 0 Å². The van der Waals surface area contributed by atoms with Gasteiger partial charge in [0.15, 0.2) is 0 Å². The van der Waals surface area contributed by atoms with Crippen LogP contribution >= 0.6 is 12.4 Å². The Balaban J connectivity index is 0.00000157. The van der Waals surface area contributed by atoms with Gasteiger partial charge in [-0.25, -0.2) is 0 Å². The molecule has 2 heterocycles. The molecular formula is C20H21ClN2O2. The van der Waals surface area contributed by atoms with Gasteiger partial charge in [-0.2, -0.15) is 0 Å². The van der Waals surface area contributed by atoms with E-state index in [1.807, 2.05) is 36.4 Å². The predicted molar refractivity (Wildman–Crippen MR) is 102 cm³/mol. The molecule has 1 unspecified atom stereocenters. The van der Waals surface area contributed by atoms with Crippen molar-refractivity contribution in [2.75, 3.05) is 18.4 Å². The van der Waals surface area contributed by atoms with E-state index in [0.717, 1.165) is 60.0 Å². The molecule has 1 saturated heterocycles. The second-order valence-electron chi connectivity index (χ2n) is 7.17. The average Bonchev–Trinajstić information content (AvgIpc) is 3.16. The van der Waals surface area contributed by atoms with Gasteiger partial charge in [-0.3, -0.25) is 4.79 Å². The number of carbonyl (C=O) groups is 1. The number of anilines is 1. The molecule has 1 spiro atoms. The summed E-state index contributed by atoms with van der Waals surface area (Å²) in [6.07, 6.45) is 3.27. The Kier molecular flexibility index (Phi) is 3.97. The van der Waals surface area contributed by atoms with Crippen LogP contribution in [0.15, 0.2) is 46.9 Å². The largest absolute Gasteiger partial charge is 0.456 e.